The topological polar surface area (TPSA) is 15.3 Å². The Balaban J connectivity index is 2.12. The maximum atomic E-state index is 3.65. The van der Waals surface area contributed by atoms with Gasteiger partial charge in [-0.15, -0.1) is 0 Å². The molecule has 1 heterocycles. The first-order valence-corrected chi connectivity index (χ1v) is 8.07. The second-order valence-electron chi connectivity index (χ2n) is 5.77. The number of rotatable bonds is 3. The van der Waals surface area contributed by atoms with Crippen molar-refractivity contribution in [1.82, 2.24) is 5.32 Å². The normalized spacial score (nSPS) is 23.7. The molecule has 2 unspecified atom stereocenters. The van der Waals surface area contributed by atoms with Crippen LogP contribution in [0, 0.1) is 19.8 Å². The van der Waals surface area contributed by atoms with Crippen LogP contribution in [0.25, 0.3) is 0 Å². The molecule has 0 bridgehead atoms. The maximum Gasteiger partial charge on any atom is 0.0372 e. The number of anilines is 1. The highest BCUT2D eigenvalue weighted by Gasteiger charge is 2.25. The molecule has 0 spiro atoms. The van der Waals surface area contributed by atoms with Gasteiger partial charge in [0.25, 0.3) is 0 Å². The van der Waals surface area contributed by atoms with Gasteiger partial charge in [-0.25, -0.2) is 0 Å². The van der Waals surface area contributed by atoms with E-state index >= 15 is 0 Å². The molecule has 0 aliphatic carbocycles. The molecule has 1 aromatic carbocycles. The molecule has 0 saturated carbocycles. The summed E-state index contributed by atoms with van der Waals surface area (Å²) in [5.74, 6) is 0.706. The van der Waals surface area contributed by atoms with E-state index in [0.717, 1.165) is 19.6 Å². The van der Waals surface area contributed by atoms with Crippen molar-refractivity contribution in [3.8, 4) is 0 Å². The molecule has 1 N–H and O–H groups in total. The Morgan fingerprint density at radius 3 is 2.47 bits per heavy atom. The van der Waals surface area contributed by atoms with Crippen molar-refractivity contribution in [1.29, 1.82) is 0 Å². The fraction of sp³-hybridized carbons (Fsp3) is 0.625. The first kappa shape index (κ1) is 14.9. The minimum Gasteiger partial charge on any atom is -0.371 e. The van der Waals surface area contributed by atoms with Crippen molar-refractivity contribution in [2.45, 2.75) is 40.2 Å². The Hall–Kier alpha value is -0.540. The van der Waals surface area contributed by atoms with Gasteiger partial charge in [-0.1, -0.05) is 29.8 Å². The lowest BCUT2D eigenvalue weighted by atomic mass is 9.93. The van der Waals surface area contributed by atoms with Gasteiger partial charge in [-0.05, 0) is 56.0 Å². The monoisotopic (exact) mass is 324 g/mol. The fourth-order valence-electron chi connectivity index (χ4n) is 3.05. The standard InChI is InChI=1S/C16H25BrN2/c1-5-18-15-6-7-19(10-13(15)4)14-8-11(2)16(17)12(3)9-14/h8-9,13,15,18H,5-7,10H2,1-4H3. The van der Waals surface area contributed by atoms with Gasteiger partial charge in [0.2, 0.25) is 0 Å². The zero-order valence-corrected chi connectivity index (χ0v) is 14.0. The van der Waals surface area contributed by atoms with Crippen LogP contribution in [0.3, 0.4) is 0 Å². The van der Waals surface area contributed by atoms with E-state index in [0.29, 0.717) is 12.0 Å². The van der Waals surface area contributed by atoms with E-state index in [2.05, 4.69) is 66.0 Å². The number of nitrogens with one attached hydrogen (secondary N) is 1. The van der Waals surface area contributed by atoms with Crippen LogP contribution < -0.4 is 10.2 Å². The van der Waals surface area contributed by atoms with Gasteiger partial charge in [0.15, 0.2) is 0 Å². The van der Waals surface area contributed by atoms with Crippen molar-refractivity contribution in [2.24, 2.45) is 5.92 Å². The molecule has 3 heteroatoms. The molecule has 0 radical (unpaired) electrons. The Labute approximate surface area is 125 Å². The minimum absolute atomic E-state index is 0.680. The Kier molecular flexibility index (Phi) is 4.91. The number of hydrogen-bond donors (Lipinski definition) is 1. The van der Waals surface area contributed by atoms with E-state index in [9.17, 15) is 0 Å². The smallest absolute Gasteiger partial charge is 0.0372 e. The molecule has 106 valence electrons. The Morgan fingerprint density at radius 2 is 1.95 bits per heavy atom. The van der Waals surface area contributed by atoms with Crippen LogP contribution >= 0.6 is 15.9 Å². The summed E-state index contributed by atoms with van der Waals surface area (Å²) in [4.78, 5) is 2.53. The SMILES string of the molecule is CCNC1CCN(c2cc(C)c(Br)c(C)c2)CC1C. The van der Waals surface area contributed by atoms with Gasteiger partial charge in [0.05, 0.1) is 0 Å². The summed E-state index contributed by atoms with van der Waals surface area (Å²) in [5, 5.41) is 3.60. The zero-order chi connectivity index (χ0) is 14.0. The number of halogens is 1. The quantitative estimate of drug-likeness (QED) is 0.907. The molecule has 1 saturated heterocycles. The molecule has 0 amide bonds. The molecule has 1 aliphatic heterocycles. The van der Waals surface area contributed by atoms with Gasteiger partial charge < -0.3 is 10.2 Å². The lowest BCUT2D eigenvalue weighted by Gasteiger charge is -2.39. The number of hydrogen-bond acceptors (Lipinski definition) is 2. The van der Waals surface area contributed by atoms with E-state index < -0.39 is 0 Å². The van der Waals surface area contributed by atoms with Crippen LogP contribution in [0.5, 0.6) is 0 Å². The third-order valence-electron chi connectivity index (χ3n) is 4.16. The molecule has 2 atom stereocenters. The average molecular weight is 325 g/mol. The average Bonchev–Trinajstić information content (AvgIpc) is 2.38. The van der Waals surface area contributed by atoms with Crippen molar-refractivity contribution < 1.29 is 0 Å². The summed E-state index contributed by atoms with van der Waals surface area (Å²) in [6.45, 7) is 12.3. The predicted molar refractivity (Wildman–Crippen MR) is 87.1 cm³/mol. The van der Waals surface area contributed by atoms with Crippen LogP contribution in [0.2, 0.25) is 0 Å². The number of nitrogens with zero attached hydrogens (tertiary/aromatic N) is 1. The molecule has 2 nitrogen and oxygen atoms in total. The predicted octanol–water partition coefficient (Wildman–Crippen LogP) is 3.89. The first-order valence-electron chi connectivity index (χ1n) is 7.28. The highest BCUT2D eigenvalue weighted by atomic mass is 79.9. The summed E-state index contributed by atoms with van der Waals surface area (Å²) in [7, 11) is 0. The van der Waals surface area contributed by atoms with Gasteiger partial charge in [0.1, 0.15) is 0 Å². The summed E-state index contributed by atoms with van der Waals surface area (Å²) in [5.41, 5.74) is 4.04. The fourth-order valence-corrected chi connectivity index (χ4v) is 3.28. The van der Waals surface area contributed by atoms with Crippen LogP contribution in [0.15, 0.2) is 16.6 Å². The molecule has 19 heavy (non-hydrogen) atoms. The molecule has 1 fully saturated rings. The molecular formula is C16H25BrN2. The molecule has 2 rings (SSSR count). The van der Waals surface area contributed by atoms with Crippen LogP contribution in [-0.2, 0) is 0 Å². The highest BCUT2D eigenvalue weighted by Crippen LogP contribution is 2.29. The van der Waals surface area contributed by atoms with Gasteiger partial charge in [-0.2, -0.15) is 0 Å². The maximum absolute atomic E-state index is 3.65. The Bertz CT molecular complexity index is 421. The number of aryl methyl sites for hydroxylation is 2. The second kappa shape index (κ2) is 6.27. The molecule has 0 aromatic heterocycles. The van der Waals surface area contributed by atoms with E-state index in [4.69, 9.17) is 0 Å². The third kappa shape index (κ3) is 3.32. The lowest BCUT2D eigenvalue weighted by molar-refractivity contribution is 0.327. The number of piperidine rings is 1. The van der Waals surface area contributed by atoms with Crippen molar-refractivity contribution >= 4 is 21.6 Å². The van der Waals surface area contributed by atoms with Crippen LogP contribution in [0.1, 0.15) is 31.4 Å². The van der Waals surface area contributed by atoms with Gasteiger partial charge >= 0.3 is 0 Å². The Morgan fingerprint density at radius 1 is 1.32 bits per heavy atom. The summed E-state index contributed by atoms with van der Waals surface area (Å²) < 4.78 is 1.24. The van der Waals surface area contributed by atoms with Crippen molar-refractivity contribution in [3.63, 3.8) is 0 Å². The summed E-state index contributed by atoms with van der Waals surface area (Å²) in [6, 6.07) is 5.29. The molecule has 1 aliphatic rings. The second-order valence-corrected chi connectivity index (χ2v) is 6.56. The third-order valence-corrected chi connectivity index (χ3v) is 5.41. The first-order chi connectivity index (χ1) is 9.02. The van der Waals surface area contributed by atoms with Gasteiger partial charge in [-0.3, -0.25) is 0 Å². The van der Waals surface area contributed by atoms with Crippen molar-refractivity contribution in [2.75, 3.05) is 24.5 Å². The number of benzene rings is 1. The van der Waals surface area contributed by atoms with E-state index in [1.807, 2.05) is 0 Å². The van der Waals surface area contributed by atoms with Crippen molar-refractivity contribution in [3.05, 3.63) is 27.7 Å². The van der Waals surface area contributed by atoms with Gasteiger partial charge in [0, 0.05) is 29.3 Å². The molecule has 1 aromatic rings. The van der Waals surface area contributed by atoms with E-state index in [1.54, 1.807) is 0 Å². The highest BCUT2D eigenvalue weighted by molar-refractivity contribution is 9.10. The van der Waals surface area contributed by atoms with E-state index in [-0.39, 0.29) is 0 Å². The summed E-state index contributed by atoms with van der Waals surface area (Å²) >= 11 is 3.65. The zero-order valence-electron chi connectivity index (χ0n) is 12.5. The minimum atomic E-state index is 0.680. The van der Waals surface area contributed by atoms with E-state index in [1.165, 1.54) is 27.7 Å². The van der Waals surface area contributed by atoms with Crippen LogP contribution in [-0.4, -0.2) is 25.7 Å². The largest absolute Gasteiger partial charge is 0.371 e. The lowest BCUT2D eigenvalue weighted by Crippen LogP contribution is -2.48. The van der Waals surface area contributed by atoms with Crippen LogP contribution in [0.4, 0.5) is 5.69 Å². The molecular weight excluding hydrogens is 300 g/mol. The summed E-state index contributed by atoms with van der Waals surface area (Å²) in [6.07, 6.45) is 1.24.